The molecule has 0 radical (unpaired) electrons. The Balaban J connectivity index is 1.37. The third-order valence-electron chi connectivity index (χ3n) is 5.98. The van der Waals surface area contributed by atoms with E-state index in [0.29, 0.717) is 5.02 Å². The van der Waals surface area contributed by atoms with Gasteiger partial charge >= 0.3 is 0 Å². The molecule has 1 aromatic heterocycles. The topological polar surface area (TPSA) is 53.5 Å². The zero-order valence-electron chi connectivity index (χ0n) is 18.8. The molecule has 174 valence electrons. The van der Waals surface area contributed by atoms with Crippen LogP contribution in [0.15, 0.2) is 66.7 Å². The van der Waals surface area contributed by atoms with Crippen LogP contribution in [0.3, 0.4) is 0 Å². The molecule has 8 heteroatoms. The summed E-state index contributed by atoms with van der Waals surface area (Å²) in [5.74, 6) is 2.41. The van der Waals surface area contributed by atoms with Crippen molar-refractivity contribution in [3.05, 3.63) is 82.3 Å². The van der Waals surface area contributed by atoms with E-state index in [1.807, 2.05) is 66.7 Å². The molecule has 1 N–H and O–H groups in total. The van der Waals surface area contributed by atoms with Crippen LogP contribution in [-0.4, -0.2) is 48.2 Å². The molecule has 0 unspecified atom stereocenters. The highest BCUT2D eigenvalue weighted by Crippen LogP contribution is 2.30. The molecule has 1 saturated heterocycles. The second kappa shape index (κ2) is 10.1. The number of nitrogens with one attached hydrogen (secondary N) is 1. The van der Waals surface area contributed by atoms with E-state index < -0.39 is 0 Å². The third-order valence-corrected chi connectivity index (χ3v) is 6.58. The van der Waals surface area contributed by atoms with Gasteiger partial charge in [0.2, 0.25) is 0 Å². The standard InChI is InChI=1S/C26H25Cl2N5O/c1-34-21-9-7-20(8-10-21)29-25-26(31-24-5-3-2-4-23(24)30-25)33-14-12-32(13-15-33)17-18-16-19(27)6-11-22(18)28/h2-11,16H,12-15,17H2,1H3,(H,29,30). The summed E-state index contributed by atoms with van der Waals surface area (Å²) in [5, 5.41) is 4.92. The molecule has 0 amide bonds. The van der Waals surface area contributed by atoms with Crippen LogP contribution >= 0.6 is 23.2 Å². The van der Waals surface area contributed by atoms with Gasteiger partial charge in [-0.3, -0.25) is 4.90 Å². The van der Waals surface area contributed by atoms with Gasteiger partial charge in [0.05, 0.1) is 18.1 Å². The summed E-state index contributed by atoms with van der Waals surface area (Å²) in [6.45, 7) is 4.22. The number of halogens is 2. The van der Waals surface area contributed by atoms with Gasteiger partial charge in [-0.1, -0.05) is 35.3 Å². The van der Waals surface area contributed by atoms with Gasteiger partial charge < -0.3 is 15.0 Å². The summed E-state index contributed by atoms with van der Waals surface area (Å²) in [6.07, 6.45) is 0. The number of benzene rings is 3. The zero-order valence-corrected chi connectivity index (χ0v) is 20.4. The van der Waals surface area contributed by atoms with Gasteiger partial charge in [-0.25, -0.2) is 9.97 Å². The predicted octanol–water partition coefficient (Wildman–Crippen LogP) is 6.01. The number of rotatable bonds is 6. The third kappa shape index (κ3) is 5.04. The Morgan fingerprint density at radius 3 is 2.29 bits per heavy atom. The summed E-state index contributed by atoms with van der Waals surface area (Å²) in [4.78, 5) is 14.6. The van der Waals surface area contributed by atoms with Crippen LogP contribution in [0.25, 0.3) is 11.0 Å². The molecule has 3 aromatic carbocycles. The molecule has 0 atom stereocenters. The highest BCUT2D eigenvalue weighted by atomic mass is 35.5. The van der Waals surface area contributed by atoms with E-state index in [0.717, 1.165) is 77.4 Å². The fourth-order valence-electron chi connectivity index (χ4n) is 4.13. The molecule has 34 heavy (non-hydrogen) atoms. The van der Waals surface area contributed by atoms with Crippen molar-refractivity contribution in [2.75, 3.05) is 43.5 Å². The maximum atomic E-state index is 6.38. The van der Waals surface area contributed by atoms with Crippen molar-refractivity contribution in [2.45, 2.75) is 6.54 Å². The first-order valence-electron chi connectivity index (χ1n) is 11.2. The Bertz CT molecular complexity index is 1290. The molecule has 1 aliphatic rings. The second-order valence-corrected chi connectivity index (χ2v) is 9.08. The first-order chi connectivity index (χ1) is 16.6. The van der Waals surface area contributed by atoms with Crippen molar-refractivity contribution in [2.24, 2.45) is 0 Å². The molecule has 1 fully saturated rings. The van der Waals surface area contributed by atoms with Crippen LogP contribution in [-0.2, 0) is 6.54 Å². The Morgan fingerprint density at radius 1 is 0.882 bits per heavy atom. The van der Waals surface area contributed by atoms with Crippen LogP contribution in [0.4, 0.5) is 17.3 Å². The summed E-state index contributed by atoms with van der Waals surface area (Å²) >= 11 is 12.6. The van der Waals surface area contributed by atoms with E-state index in [9.17, 15) is 0 Å². The van der Waals surface area contributed by atoms with E-state index in [1.54, 1.807) is 7.11 Å². The lowest BCUT2D eigenvalue weighted by Crippen LogP contribution is -2.46. The van der Waals surface area contributed by atoms with Crippen LogP contribution in [0.5, 0.6) is 5.75 Å². The second-order valence-electron chi connectivity index (χ2n) is 8.24. The molecular formula is C26H25Cl2N5O. The lowest BCUT2D eigenvalue weighted by atomic mass is 10.2. The SMILES string of the molecule is COc1ccc(Nc2nc3ccccc3nc2N2CCN(Cc3cc(Cl)ccc3Cl)CC2)cc1. The number of para-hydroxylation sites is 2. The minimum atomic E-state index is 0.707. The summed E-state index contributed by atoms with van der Waals surface area (Å²) < 4.78 is 5.28. The number of hydrogen-bond donors (Lipinski definition) is 1. The summed E-state index contributed by atoms with van der Waals surface area (Å²) in [5.41, 5.74) is 3.72. The first-order valence-corrected chi connectivity index (χ1v) is 11.9. The molecule has 1 aliphatic heterocycles. The molecule has 0 spiro atoms. The highest BCUT2D eigenvalue weighted by Gasteiger charge is 2.22. The fourth-order valence-corrected chi connectivity index (χ4v) is 4.50. The molecule has 2 heterocycles. The van der Waals surface area contributed by atoms with Gasteiger partial charge in [-0.15, -0.1) is 0 Å². The molecule has 0 bridgehead atoms. The fraction of sp³-hybridized carbons (Fsp3) is 0.231. The molecule has 5 rings (SSSR count). The van der Waals surface area contributed by atoms with Gasteiger partial charge in [0.1, 0.15) is 5.75 Å². The van der Waals surface area contributed by atoms with Crippen molar-refractivity contribution in [1.82, 2.24) is 14.9 Å². The average molecular weight is 494 g/mol. The normalized spacial score (nSPS) is 14.4. The number of ether oxygens (including phenoxy) is 1. The van der Waals surface area contributed by atoms with E-state index in [2.05, 4.69) is 15.1 Å². The largest absolute Gasteiger partial charge is 0.497 e. The van der Waals surface area contributed by atoms with Gasteiger partial charge in [-0.05, 0) is 60.2 Å². The van der Waals surface area contributed by atoms with Crippen molar-refractivity contribution >= 4 is 51.6 Å². The quantitative estimate of drug-likeness (QED) is 0.354. The molecular weight excluding hydrogens is 469 g/mol. The van der Waals surface area contributed by atoms with E-state index in [-0.39, 0.29) is 0 Å². The number of anilines is 3. The zero-order chi connectivity index (χ0) is 23.5. The Kier molecular flexibility index (Phi) is 6.72. The highest BCUT2D eigenvalue weighted by molar-refractivity contribution is 6.33. The summed E-state index contributed by atoms with van der Waals surface area (Å²) in [6, 6.07) is 21.4. The van der Waals surface area contributed by atoms with Crippen LogP contribution in [0.1, 0.15) is 5.56 Å². The molecule has 6 nitrogen and oxygen atoms in total. The van der Waals surface area contributed by atoms with Crippen LogP contribution in [0.2, 0.25) is 10.0 Å². The smallest absolute Gasteiger partial charge is 0.174 e. The number of piperazine rings is 1. The molecule has 0 aliphatic carbocycles. The van der Waals surface area contributed by atoms with Gasteiger partial charge in [0.15, 0.2) is 11.6 Å². The Morgan fingerprint density at radius 2 is 1.59 bits per heavy atom. The average Bonchev–Trinajstić information content (AvgIpc) is 2.87. The number of aromatic nitrogens is 2. The maximum Gasteiger partial charge on any atom is 0.174 e. The molecule has 4 aromatic rings. The van der Waals surface area contributed by atoms with Crippen molar-refractivity contribution in [3.63, 3.8) is 0 Å². The van der Waals surface area contributed by atoms with Crippen molar-refractivity contribution < 1.29 is 4.74 Å². The summed E-state index contributed by atoms with van der Waals surface area (Å²) in [7, 11) is 1.66. The molecule has 0 saturated carbocycles. The van der Waals surface area contributed by atoms with E-state index in [1.165, 1.54) is 0 Å². The number of nitrogens with zero attached hydrogens (tertiary/aromatic N) is 4. The van der Waals surface area contributed by atoms with Gasteiger partial charge in [-0.2, -0.15) is 0 Å². The van der Waals surface area contributed by atoms with E-state index in [4.69, 9.17) is 37.9 Å². The maximum absolute atomic E-state index is 6.38. The van der Waals surface area contributed by atoms with Crippen LogP contribution in [0, 0.1) is 0 Å². The minimum absolute atomic E-state index is 0.707. The van der Waals surface area contributed by atoms with Crippen molar-refractivity contribution in [3.8, 4) is 5.75 Å². The minimum Gasteiger partial charge on any atom is -0.497 e. The van der Waals surface area contributed by atoms with Crippen LogP contribution < -0.4 is 15.0 Å². The Labute approximate surface area is 209 Å². The lowest BCUT2D eigenvalue weighted by Gasteiger charge is -2.36. The lowest BCUT2D eigenvalue weighted by molar-refractivity contribution is 0.249. The first kappa shape index (κ1) is 22.7. The number of fused-ring (bicyclic) bond motifs is 1. The Hall–Kier alpha value is -3.06. The monoisotopic (exact) mass is 493 g/mol. The predicted molar refractivity (Wildman–Crippen MR) is 140 cm³/mol. The van der Waals surface area contributed by atoms with Crippen molar-refractivity contribution in [1.29, 1.82) is 0 Å². The number of methoxy groups -OCH3 is 1. The van der Waals surface area contributed by atoms with E-state index >= 15 is 0 Å². The van der Waals surface area contributed by atoms with Gasteiger partial charge in [0.25, 0.3) is 0 Å². The van der Waals surface area contributed by atoms with Gasteiger partial charge in [0, 0.05) is 48.5 Å². The number of hydrogen-bond acceptors (Lipinski definition) is 6.